The summed E-state index contributed by atoms with van der Waals surface area (Å²) < 4.78 is 18.6. The molecule has 0 fully saturated rings. The standard InChI is InChI=1S/C14H14FNO/c1-11-2-3-13(15)10-14(11)17-9-6-12-4-7-16-8-5-12/h2-5,7-8,10H,6,9H2,1H3. The van der Waals surface area contributed by atoms with Gasteiger partial charge in [-0.3, -0.25) is 4.98 Å². The number of ether oxygens (including phenoxy) is 1. The zero-order valence-corrected chi connectivity index (χ0v) is 9.69. The highest BCUT2D eigenvalue weighted by Crippen LogP contribution is 2.18. The van der Waals surface area contributed by atoms with E-state index in [-0.39, 0.29) is 5.82 Å². The predicted molar refractivity (Wildman–Crippen MR) is 64.6 cm³/mol. The Balaban J connectivity index is 1.92. The van der Waals surface area contributed by atoms with Crippen LogP contribution in [-0.2, 0) is 6.42 Å². The van der Waals surface area contributed by atoms with Gasteiger partial charge in [-0.1, -0.05) is 6.07 Å². The van der Waals surface area contributed by atoms with E-state index in [1.807, 2.05) is 19.1 Å². The number of aryl methyl sites for hydroxylation is 1. The first-order valence-electron chi connectivity index (χ1n) is 5.53. The Hall–Kier alpha value is -1.90. The number of aromatic nitrogens is 1. The molecule has 0 aliphatic carbocycles. The van der Waals surface area contributed by atoms with Crippen LogP contribution in [0.4, 0.5) is 4.39 Å². The maximum Gasteiger partial charge on any atom is 0.126 e. The number of halogens is 1. The molecule has 2 rings (SSSR count). The van der Waals surface area contributed by atoms with Crippen LogP contribution in [-0.4, -0.2) is 11.6 Å². The van der Waals surface area contributed by atoms with Crippen molar-refractivity contribution in [2.75, 3.05) is 6.61 Å². The summed E-state index contributed by atoms with van der Waals surface area (Å²) in [5.74, 6) is 0.341. The minimum Gasteiger partial charge on any atom is -0.493 e. The zero-order chi connectivity index (χ0) is 12.1. The van der Waals surface area contributed by atoms with E-state index >= 15 is 0 Å². The summed E-state index contributed by atoms with van der Waals surface area (Å²) in [6, 6.07) is 8.47. The highest BCUT2D eigenvalue weighted by molar-refractivity contribution is 5.32. The molecule has 1 heterocycles. The van der Waals surface area contributed by atoms with Crippen LogP contribution in [0.5, 0.6) is 5.75 Å². The van der Waals surface area contributed by atoms with Crippen molar-refractivity contribution in [3.05, 3.63) is 59.7 Å². The fourth-order valence-electron chi connectivity index (χ4n) is 1.56. The summed E-state index contributed by atoms with van der Waals surface area (Å²) in [6.07, 6.45) is 4.30. The number of nitrogens with zero attached hydrogens (tertiary/aromatic N) is 1. The molecule has 0 saturated heterocycles. The van der Waals surface area contributed by atoms with Crippen molar-refractivity contribution in [1.29, 1.82) is 0 Å². The summed E-state index contributed by atoms with van der Waals surface area (Å²) in [7, 11) is 0. The summed E-state index contributed by atoms with van der Waals surface area (Å²) in [6.45, 7) is 2.44. The lowest BCUT2D eigenvalue weighted by atomic mass is 10.2. The van der Waals surface area contributed by atoms with E-state index in [9.17, 15) is 4.39 Å². The molecule has 3 heteroatoms. The fourth-order valence-corrected chi connectivity index (χ4v) is 1.56. The number of pyridine rings is 1. The molecule has 0 unspecified atom stereocenters. The van der Waals surface area contributed by atoms with Gasteiger partial charge in [-0.25, -0.2) is 4.39 Å². The van der Waals surface area contributed by atoms with Crippen LogP contribution in [0.3, 0.4) is 0 Å². The average Bonchev–Trinajstić information content (AvgIpc) is 2.35. The molecular formula is C14H14FNO. The second-order valence-corrected chi connectivity index (χ2v) is 3.86. The zero-order valence-electron chi connectivity index (χ0n) is 9.69. The van der Waals surface area contributed by atoms with Gasteiger partial charge in [0, 0.05) is 24.9 Å². The SMILES string of the molecule is Cc1ccc(F)cc1OCCc1ccncc1. The molecule has 0 bridgehead atoms. The van der Waals surface area contributed by atoms with E-state index in [0.29, 0.717) is 12.4 Å². The van der Waals surface area contributed by atoms with E-state index < -0.39 is 0 Å². The Bertz CT molecular complexity index is 485. The third kappa shape index (κ3) is 3.28. The van der Waals surface area contributed by atoms with E-state index in [0.717, 1.165) is 17.5 Å². The van der Waals surface area contributed by atoms with Gasteiger partial charge >= 0.3 is 0 Å². The molecule has 2 aromatic rings. The third-order valence-corrected chi connectivity index (χ3v) is 2.55. The van der Waals surface area contributed by atoms with Gasteiger partial charge in [-0.2, -0.15) is 0 Å². The van der Waals surface area contributed by atoms with Crippen LogP contribution >= 0.6 is 0 Å². The first kappa shape index (κ1) is 11.6. The van der Waals surface area contributed by atoms with Crippen LogP contribution in [0.15, 0.2) is 42.7 Å². The Kier molecular flexibility index (Phi) is 3.70. The Morgan fingerprint density at radius 2 is 1.94 bits per heavy atom. The number of benzene rings is 1. The van der Waals surface area contributed by atoms with Gasteiger partial charge in [0.1, 0.15) is 11.6 Å². The quantitative estimate of drug-likeness (QED) is 0.806. The smallest absolute Gasteiger partial charge is 0.126 e. The summed E-state index contributed by atoms with van der Waals surface area (Å²) in [4.78, 5) is 3.95. The molecule has 2 nitrogen and oxygen atoms in total. The second kappa shape index (κ2) is 5.43. The van der Waals surface area contributed by atoms with Gasteiger partial charge in [0.15, 0.2) is 0 Å². The van der Waals surface area contributed by atoms with Crippen molar-refractivity contribution >= 4 is 0 Å². The van der Waals surface area contributed by atoms with Crippen LogP contribution < -0.4 is 4.74 Å². The molecule has 17 heavy (non-hydrogen) atoms. The van der Waals surface area contributed by atoms with Gasteiger partial charge in [-0.05, 0) is 36.2 Å². The van der Waals surface area contributed by atoms with Gasteiger partial charge < -0.3 is 4.74 Å². The topological polar surface area (TPSA) is 22.1 Å². The molecule has 0 spiro atoms. The van der Waals surface area contributed by atoms with Crippen LogP contribution in [0.25, 0.3) is 0 Å². The third-order valence-electron chi connectivity index (χ3n) is 2.55. The van der Waals surface area contributed by atoms with Crippen molar-refractivity contribution < 1.29 is 9.13 Å². The first-order chi connectivity index (χ1) is 8.25. The molecule has 1 aromatic heterocycles. The van der Waals surface area contributed by atoms with Gasteiger partial charge in [0.25, 0.3) is 0 Å². The maximum absolute atomic E-state index is 13.0. The molecule has 1 aromatic carbocycles. The highest BCUT2D eigenvalue weighted by atomic mass is 19.1. The number of hydrogen-bond acceptors (Lipinski definition) is 2. The fraction of sp³-hybridized carbons (Fsp3) is 0.214. The lowest BCUT2D eigenvalue weighted by Crippen LogP contribution is -2.02. The Morgan fingerprint density at radius 1 is 1.18 bits per heavy atom. The largest absolute Gasteiger partial charge is 0.493 e. The van der Waals surface area contributed by atoms with Gasteiger partial charge in [-0.15, -0.1) is 0 Å². The van der Waals surface area contributed by atoms with Crippen molar-refractivity contribution in [3.8, 4) is 5.75 Å². The summed E-state index contributed by atoms with van der Waals surface area (Å²) in [5, 5.41) is 0. The molecule has 0 aliphatic heterocycles. The monoisotopic (exact) mass is 231 g/mol. The highest BCUT2D eigenvalue weighted by Gasteiger charge is 2.01. The van der Waals surface area contributed by atoms with Gasteiger partial charge in [0.2, 0.25) is 0 Å². The van der Waals surface area contributed by atoms with E-state index in [1.165, 1.54) is 12.1 Å². The normalized spacial score (nSPS) is 10.2. The number of rotatable bonds is 4. The maximum atomic E-state index is 13.0. The minimum atomic E-state index is -0.269. The molecule has 0 N–H and O–H groups in total. The van der Waals surface area contributed by atoms with Crippen molar-refractivity contribution in [3.63, 3.8) is 0 Å². The molecule has 0 saturated carbocycles. The Morgan fingerprint density at radius 3 is 2.71 bits per heavy atom. The molecule has 0 atom stereocenters. The minimum absolute atomic E-state index is 0.269. The lowest BCUT2D eigenvalue weighted by Gasteiger charge is -2.08. The molecule has 88 valence electrons. The molecule has 0 radical (unpaired) electrons. The van der Waals surface area contributed by atoms with E-state index in [1.54, 1.807) is 18.5 Å². The molecular weight excluding hydrogens is 217 g/mol. The van der Waals surface area contributed by atoms with E-state index in [4.69, 9.17) is 4.74 Å². The van der Waals surface area contributed by atoms with E-state index in [2.05, 4.69) is 4.98 Å². The summed E-state index contributed by atoms with van der Waals surface area (Å²) in [5.41, 5.74) is 2.11. The molecule has 0 aliphatic rings. The lowest BCUT2D eigenvalue weighted by molar-refractivity contribution is 0.318. The van der Waals surface area contributed by atoms with Gasteiger partial charge in [0.05, 0.1) is 6.61 Å². The first-order valence-corrected chi connectivity index (χ1v) is 5.53. The Labute approximate surface area is 100 Å². The van der Waals surface area contributed by atoms with Crippen molar-refractivity contribution in [2.45, 2.75) is 13.3 Å². The summed E-state index contributed by atoms with van der Waals surface area (Å²) >= 11 is 0. The average molecular weight is 231 g/mol. The van der Waals surface area contributed by atoms with Crippen molar-refractivity contribution in [2.24, 2.45) is 0 Å². The van der Waals surface area contributed by atoms with Crippen LogP contribution in [0, 0.1) is 12.7 Å². The second-order valence-electron chi connectivity index (χ2n) is 3.86. The van der Waals surface area contributed by atoms with Crippen molar-refractivity contribution in [1.82, 2.24) is 4.98 Å². The number of hydrogen-bond donors (Lipinski definition) is 0. The molecule has 0 amide bonds. The van der Waals surface area contributed by atoms with Crippen LogP contribution in [0.2, 0.25) is 0 Å². The predicted octanol–water partition coefficient (Wildman–Crippen LogP) is 3.15. The van der Waals surface area contributed by atoms with Crippen LogP contribution in [0.1, 0.15) is 11.1 Å².